The van der Waals surface area contributed by atoms with E-state index in [4.69, 9.17) is 4.74 Å². The van der Waals surface area contributed by atoms with Crippen LogP contribution in [-0.2, 0) is 17.9 Å². The minimum Gasteiger partial charge on any atom is -0.497 e. The lowest BCUT2D eigenvalue weighted by Crippen LogP contribution is -2.30. The summed E-state index contributed by atoms with van der Waals surface area (Å²) in [6, 6.07) is 5.01. The van der Waals surface area contributed by atoms with E-state index in [0.717, 1.165) is 12.4 Å². The first-order valence-corrected chi connectivity index (χ1v) is 6.70. The Balaban J connectivity index is 2.00. The van der Waals surface area contributed by atoms with Crippen LogP contribution >= 0.6 is 0 Å². The number of hydrogen-bond donors (Lipinski definition) is 0. The predicted molar refractivity (Wildman–Crippen MR) is 76.4 cm³/mol. The van der Waals surface area contributed by atoms with E-state index >= 15 is 0 Å². The summed E-state index contributed by atoms with van der Waals surface area (Å²) in [5, 5.41) is 0. The fourth-order valence-electron chi connectivity index (χ4n) is 2.48. The molecule has 0 saturated heterocycles. The van der Waals surface area contributed by atoms with Crippen molar-refractivity contribution in [1.29, 1.82) is 0 Å². The van der Waals surface area contributed by atoms with Crippen molar-refractivity contribution in [3.8, 4) is 5.75 Å². The molecule has 0 fully saturated rings. The van der Waals surface area contributed by atoms with Crippen LogP contribution in [0.25, 0.3) is 0 Å². The van der Waals surface area contributed by atoms with Gasteiger partial charge in [-0.05, 0) is 19.1 Å². The number of hydrogen-bond acceptors (Lipinski definition) is 4. The van der Waals surface area contributed by atoms with Crippen molar-refractivity contribution >= 4 is 17.4 Å². The van der Waals surface area contributed by atoms with Crippen molar-refractivity contribution in [2.24, 2.45) is 0 Å². The molecule has 6 nitrogen and oxygen atoms in total. The second-order valence-electron chi connectivity index (χ2n) is 4.73. The molecule has 1 amide bonds. The van der Waals surface area contributed by atoms with Crippen LogP contribution in [-0.4, -0.2) is 28.4 Å². The molecule has 0 saturated carbocycles. The number of Topliss-reactive ketones (excluding diaryl/α,β-unsaturated/α-hetero) is 1. The highest BCUT2D eigenvalue weighted by Crippen LogP contribution is 2.33. The number of aromatic nitrogens is 2. The number of aryl methyl sites for hydroxylation is 1. The first-order chi connectivity index (χ1) is 10.2. The van der Waals surface area contributed by atoms with E-state index < -0.39 is 11.7 Å². The smallest absolute Gasteiger partial charge is 0.299 e. The van der Waals surface area contributed by atoms with Gasteiger partial charge in [-0.2, -0.15) is 0 Å². The number of amides is 1. The summed E-state index contributed by atoms with van der Waals surface area (Å²) in [4.78, 5) is 29.9. The maximum absolute atomic E-state index is 12.2. The summed E-state index contributed by atoms with van der Waals surface area (Å²) in [6.45, 7) is 3.03. The van der Waals surface area contributed by atoms with Gasteiger partial charge in [0.1, 0.15) is 11.6 Å². The number of carbonyl (C=O) groups excluding carboxylic acids is 2. The Hall–Kier alpha value is -2.63. The average molecular weight is 285 g/mol. The fraction of sp³-hybridized carbons (Fsp3) is 0.267. The summed E-state index contributed by atoms with van der Waals surface area (Å²) in [6.07, 6.45) is 3.54. The molecule has 0 unspecified atom stereocenters. The summed E-state index contributed by atoms with van der Waals surface area (Å²) in [5.74, 6) is 0.348. The quantitative estimate of drug-likeness (QED) is 0.801. The van der Waals surface area contributed by atoms with Crippen molar-refractivity contribution in [2.45, 2.75) is 20.0 Å². The Kier molecular flexibility index (Phi) is 3.21. The van der Waals surface area contributed by atoms with Crippen LogP contribution in [0.5, 0.6) is 5.75 Å². The zero-order chi connectivity index (χ0) is 15.0. The molecule has 108 valence electrons. The molecule has 0 radical (unpaired) electrons. The number of benzene rings is 1. The zero-order valence-electron chi connectivity index (χ0n) is 11.9. The van der Waals surface area contributed by atoms with E-state index in [0.29, 0.717) is 17.0 Å². The predicted octanol–water partition coefficient (Wildman–Crippen LogP) is 1.64. The van der Waals surface area contributed by atoms with E-state index in [1.165, 1.54) is 4.90 Å². The van der Waals surface area contributed by atoms with Gasteiger partial charge < -0.3 is 9.30 Å². The summed E-state index contributed by atoms with van der Waals surface area (Å²) in [7, 11) is 1.55. The van der Waals surface area contributed by atoms with Crippen LogP contribution in [0.15, 0.2) is 30.6 Å². The van der Waals surface area contributed by atoms with E-state index in [1.807, 2.05) is 17.7 Å². The first-order valence-electron chi connectivity index (χ1n) is 6.70. The standard InChI is InChI=1S/C15H15N3O3/c1-3-17-7-6-16-13(17)9-18-12-8-10(21-2)4-5-11(12)14(19)15(18)20/h4-8H,3,9H2,1-2H3. The molecule has 0 bridgehead atoms. The molecule has 0 spiro atoms. The largest absolute Gasteiger partial charge is 0.497 e. The highest BCUT2D eigenvalue weighted by atomic mass is 16.5. The lowest BCUT2D eigenvalue weighted by molar-refractivity contribution is -0.114. The second-order valence-corrected chi connectivity index (χ2v) is 4.73. The molecule has 0 atom stereocenters. The zero-order valence-corrected chi connectivity index (χ0v) is 11.9. The van der Waals surface area contributed by atoms with Crippen molar-refractivity contribution in [3.05, 3.63) is 42.0 Å². The average Bonchev–Trinajstić information content (AvgIpc) is 3.05. The number of imidazole rings is 1. The maximum Gasteiger partial charge on any atom is 0.299 e. The van der Waals surface area contributed by atoms with Crippen LogP contribution in [0.2, 0.25) is 0 Å². The van der Waals surface area contributed by atoms with Crippen LogP contribution in [0.1, 0.15) is 23.1 Å². The normalized spacial score (nSPS) is 13.7. The van der Waals surface area contributed by atoms with Crippen molar-refractivity contribution in [3.63, 3.8) is 0 Å². The van der Waals surface area contributed by atoms with E-state index in [2.05, 4.69) is 4.98 Å². The van der Waals surface area contributed by atoms with Crippen LogP contribution in [0.4, 0.5) is 5.69 Å². The van der Waals surface area contributed by atoms with Gasteiger partial charge in [0.15, 0.2) is 0 Å². The number of ether oxygens (including phenoxy) is 1. The van der Waals surface area contributed by atoms with Crippen molar-refractivity contribution < 1.29 is 14.3 Å². The molecule has 0 aliphatic carbocycles. The summed E-state index contributed by atoms with van der Waals surface area (Å²) < 4.78 is 7.11. The number of ketones is 1. The molecule has 1 aliphatic heterocycles. The van der Waals surface area contributed by atoms with Gasteiger partial charge in [-0.25, -0.2) is 4.98 Å². The second kappa shape index (κ2) is 5.05. The molecule has 6 heteroatoms. The molecule has 2 aromatic rings. The summed E-state index contributed by atoms with van der Waals surface area (Å²) in [5.41, 5.74) is 0.991. The van der Waals surface area contributed by atoms with Crippen LogP contribution in [0.3, 0.4) is 0 Å². The highest BCUT2D eigenvalue weighted by molar-refractivity contribution is 6.52. The highest BCUT2D eigenvalue weighted by Gasteiger charge is 2.36. The lowest BCUT2D eigenvalue weighted by Gasteiger charge is -2.17. The SMILES string of the molecule is CCn1ccnc1CN1C(=O)C(=O)c2ccc(OC)cc21. The lowest BCUT2D eigenvalue weighted by atomic mass is 10.1. The summed E-state index contributed by atoms with van der Waals surface area (Å²) >= 11 is 0. The van der Waals surface area contributed by atoms with Gasteiger partial charge in [0.25, 0.3) is 11.7 Å². The number of rotatable bonds is 4. The van der Waals surface area contributed by atoms with E-state index in [-0.39, 0.29) is 6.54 Å². The molecule has 3 rings (SSSR count). The topological polar surface area (TPSA) is 64.4 Å². The number of methoxy groups -OCH3 is 1. The minimum absolute atomic E-state index is 0.269. The van der Waals surface area contributed by atoms with Gasteiger partial charge in [0.05, 0.1) is 24.9 Å². The van der Waals surface area contributed by atoms with Gasteiger partial charge in [0.2, 0.25) is 0 Å². The van der Waals surface area contributed by atoms with Crippen molar-refractivity contribution in [2.75, 3.05) is 12.0 Å². The number of anilines is 1. The van der Waals surface area contributed by atoms with Gasteiger partial charge >= 0.3 is 0 Å². The molecule has 1 aromatic carbocycles. The Morgan fingerprint density at radius 1 is 1.29 bits per heavy atom. The first kappa shape index (κ1) is 13.4. The van der Waals surface area contributed by atoms with Crippen LogP contribution in [0, 0.1) is 0 Å². The monoisotopic (exact) mass is 285 g/mol. The Bertz CT molecular complexity index is 721. The van der Waals surface area contributed by atoms with Crippen molar-refractivity contribution in [1.82, 2.24) is 9.55 Å². The molecular formula is C15H15N3O3. The Morgan fingerprint density at radius 2 is 2.10 bits per heavy atom. The Morgan fingerprint density at radius 3 is 2.81 bits per heavy atom. The number of nitrogens with zero attached hydrogens (tertiary/aromatic N) is 3. The third-order valence-electron chi connectivity index (χ3n) is 3.62. The van der Waals surface area contributed by atoms with Gasteiger partial charge in [-0.1, -0.05) is 0 Å². The molecule has 1 aromatic heterocycles. The molecule has 2 heterocycles. The number of fused-ring (bicyclic) bond motifs is 1. The molecule has 21 heavy (non-hydrogen) atoms. The third kappa shape index (κ3) is 2.08. The Labute approximate surface area is 122 Å². The maximum atomic E-state index is 12.2. The molecule has 1 aliphatic rings. The van der Waals surface area contributed by atoms with E-state index in [1.54, 1.807) is 31.5 Å². The fourth-order valence-corrected chi connectivity index (χ4v) is 2.48. The van der Waals surface area contributed by atoms with E-state index in [9.17, 15) is 9.59 Å². The van der Waals surface area contributed by atoms with Gasteiger partial charge in [-0.15, -0.1) is 0 Å². The van der Waals surface area contributed by atoms with Crippen LogP contribution < -0.4 is 9.64 Å². The van der Waals surface area contributed by atoms with Gasteiger partial charge in [-0.3, -0.25) is 14.5 Å². The minimum atomic E-state index is -0.524. The van der Waals surface area contributed by atoms with Gasteiger partial charge in [0, 0.05) is 25.0 Å². The number of carbonyl (C=O) groups is 2. The third-order valence-corrected chi connectivity index (χ3v) is 3.62. The molecule has 0 N–H and O–H groups in total. The molecular weight excluding hydrogens is 270 g/mol.